The topological polar surface area (TPSA) is 9.23 Å². The number of hydrogen-bond acceptors (Lipinski definition) is 1. The second-order valence-corrected chi connectivity index (χ2v) is 4.79. The Morgan fingerprint density at radius 2 is 1.79 bits per heavy atom. The number of rotatable bonds is 3. The van der Waals surface area contributed by atoms with Crippen molar-refractivity contribution >= 4 is 23.2 Å². The first kappa shape index (κ1) is 14.1. The number of alkyl halides is 1. The number of hydrogen-bond donors (Lipinski definition) is 0. The van der Waals surface area contributed by atoms with E-state index >= 15 is 0 Å². The van der Waals surface area contributed by atoms with Crippen molar-refractivity contribution in [2.24, 2.45) is 0 Å². The van der Waals surface area contributed by atoms with Crippen molar-refractivity contribution in [2.75, 3.05) is 7.11 Å². The quantitative estimate of drug-likeness (QED) is 0.729. The van der Waals surface area contributed by atoms with Crippen molar-refractivity contribution in [3.63, 3.8) is 0 Å². The minimum atomic E-state index is -0.885. The Labute approximate surface area is 119 Å². The summed E-state index contributed by atoms with van der Waals surface area (Å²) in [6.07, 6.45) is 0. The number of halogens is 4. The van der Waals surface area contributed by atoms with Crippen LogP contribution in [0.2, 0.25) is 5.02 Å². The number of benzene rings is 2. The Bertz CT molecular complexity index is 602. The third-order valence-electron chi connectivity index (χ3n) is 2.70. The average Bonchev–Trinajstić information content (AvgIpc) is 2.40. The van der Waals surface area contributed by atoms with E-state index in [2.05, 4.69) is 0 Å². The fourth-order valence-electron chi connectivity index (χ4n) is 1.78. The van der Waals surface area contributed by atoms with Gasteiger partial charge in [0.2, 0.25) is 0 Å². The number of methoxy groups -OCH3 is 1. The smallest absolute Gasteiger partial charge is 0.128 e. The van der Waals surface area contributed by atoms with E-state index in [1.54, 1.807) is 0 Å². The second-order valence-electron chi connectivity index (χ2n) is 3.91. The van der Waals surface area contributed by atoms with Gasteiger partial charge in [0.05, 0.1) is 12.5 Å². The van der Waals surface area contributed by atoms with Crippen molar-refractivity contribution in [1.29, 1.82) is 0 Å². The van der Waals surface area contributed by atoms with Crippen LogP contribution in [0.1, 0.15) is 16.5 Å². The van der Waals surface area contributed by atoms with Crippen LogP contribution >= 0.6 is 23.2 Å². The molecule has 0 aromatic heterocycles. The molecule has 0 N–H and O–H groups in total. The van der Waals surface area contributed by atoms with Crippen LogP contribution in [0.4, 0.5) is 8.78 Å². The fraction of sp³-hybridized carbons (Fsp3) is 0.143. The van der Waals surface area contributed by atoms with Crippen LogP contribution < -0.4 is 4.74 Å². The number of ether oxygens (including phenoxy) is 1. The molecule has 0 fully saturated rings. The summed E-state index contributed by atoms with van der Waals surface area (Å²) < 4.78 is 32.2. The molecule has 1 atom stereocenters. The highest BCUT2D eigenvalue weighted by Gasteiger charge is 2.20. The predicted molar refractivity (Wildman–Crippen MR) is 72.1 cm³/mol. The molecule has 5 heteroatoms. The summed E-state index contributed by atoms with van der Waals surface area (Å²) in [6, 6.07) is 7.98. The predicted octanol–water partition coefficient (Wildman–Crippen LogP) is 4.96. The van der Waals surface area contributed by atoms with Crippen molar-refractivity contribution in [2.45, 2.75) is 5.38 Å². The Morgan fingerprint density at radius 1 is 1.05 bits per heavy atom. The normalized spacial score (nSPS) is 12.3. The average molecular weight is 303 g/mol. The van der Waals surface area contributed by atoms with Crippen LogP contribution in [0.5, 0.6) is 5.75 Å². The summed E-state index contributed by atoms with van der Waals surface area (Å²) in [7, 11) is 1.44. The van der Waals surface area contributed by atoms with E-state index in [1.165, 1.54) is 43.5 Å². The lowest BCUT2D eigenvalue weighted by Crippen LogP contribution is -2.01. The van der Waals surface area contributed by atoms with Gasteiger partial charge in [0.1, 0.15) is 17.4 Å². The maximum Gasteiger partial charge on any atom is 0.128 e. The molecule has 1 unspecified atom stereocenters. The van der Waals surface area contributed by atoms with Gasteiger partial charge in [-0.3, -0.25) is 0 Å². The van der Waals surface area contributed by atoms with Crippen LogP contribution in [0, 0.1) is 11.6 Å². The van der Waals surface area contributed by atoms with Crippen LogP contribution in [0.25, 0.3) is 0 Å². The summed E-state index contributed by atoms with van der Waals surface area (Å²) in [5.41, 5.74) is 0.531. The molecule has 0 aliphatic rings. The summed E-state index contributed by atoms with van der Waals surface area (Å²) in [6.45, 7) is 0. The van der Waals surface area contributed by atoms with Gasteiger partial charge in [-0.25, -0.2) is 8.78 Å². The van der Waals surface area contributed by atoms with Crippen LogP contribution in [-0.4, -0.2) is 7.11 Å². The summed E-state index contributed by atoms with van der Waals surface area (Å²) in [5, 5.41) is -0.526. The van der Waals surface area contributed by atoms with Gasteiger partial charge in [-0.2, -0.15) is 0 Å². The van der Waals surface area contributed by atoms with Gasteiger partial charge < -0.3 is 4.74 Å². The van der Waals surface area contributed by atoms with Crippen molar-refractivity contribution in [1.82, 2.24) is 0 Å². The maximum atomic E-state index is 13.8. The highest BCUT2D eigenvalue weighted by Crippen LogP contribution is 2.37. The van der Waals surface area contributed by atoms with E-state index in [9.17, 15) is 8.78 Å². The van der Waals surface area contributed by atoms with E-state index < -0.39 is 17.0 Å². The molecule has 0 saturated heterocycles. The van der Waals surface area contributed by atoms with E-state index in [4.69, 9.17) is 27.9 Å². The van der Waals surface area contributed by atoms with Gasteiger partial charge in [-0.1, -0.05) is 11.6 Å². The van der Waals surface area contributed by atoms with E-state index in [0.29, 0.717) is 16.3 Å². The first-order valence-corrected chi connectivity index (χ1v) is 6.27. The molecule has 0 aliphatic carbocycles. The molecule has 0 saturated carbocycles. The van der Waals surface area contributed by atoms with Gasteiger partial charge >= 0.3 is 0 Å². The monoisotopic (exact) mass is 302 g/mol. The first-order valence-electron chi connectivity index (χ1n) is 5.45. The van der Waals surface area contributed by atoms with Gasteiger partial charge in [0.25, 0.3) is 0 Å². The molecule has 0 bridgehead atoms. The van der Waals surface area contributed by atoms with Gasteiger partial charge in [-0.05, 0) is 36.4 Å². The molecule has 0 aliphatic heterocycles. The molecule has 1 nitrogen and oxygen atoms in total. The molecule has 2 rings (SSSR count). The Morgan fingerprint density at radius 3 is 2.47 bits per heavy atom. The van der Waals surface area contributed by atoms with Crippen molar-refractivity contribution in [3.8, 4) is 5.75 Å². The molecule has 19 heavy (non-hydrogen) atoms. The molecule has 2 aromatic rings. The van der Waals surface area contributed by atoms with E-state index in [1.807, 2.05) is 0 Å². The van der Waals surface area contributed by atoms with E-state index in [0.717, 1.165) is 0 Å². The van der Waals surface area contributed by atoms with Crippen molar-refractivity contribution in [3.05, 3.63) is 64.2 Å². The molecule has 0 heterocycles. The molecular weight excluding hydrogens is 293 g/mol. The summed E-state index contributed by atoms with van der Waals surface area (Å²) in [4.78, 5) is 0. The molecule has 0 spiro atoms. The lowest BCUT2D eigenvalue weighted by Gasteiger charge is -2.15. The van der Waals surface area contributed by atoms with Crippen LogP contribution in [0.3, 0.4) is 0 Å². The van der Waals surface area contributed by atoms with Crippen molar-refractivity contribution < 1.29 is 13.5 Å². The lowest BCUT2D eigenvalue weighted by atomic mass is 10.0. The molecule has 100 valence electrons. The highest BCUT2D eigenvalue weighted by molar-refractivity contribution is 6.31. The maximum absolute atomic E-state index is 13.8. The van der Waals surface area contributed by atoms with Gasteiger partial charge in [-0.15, -0.1) is 11.6 Å². The molecule has 0 radical (unpaired) electrons. The Balaban J connectivity index is 2.51. The molecule has 0 amide bonds. The summed E-state index contributed by atoms with van der Waals surface area (Å²) >= 11 is 12.0. The zero-order chi connectivity index (χ0) is 14.0. The Kier molecular flexibility index (Phi) is 4.27. The third-order valence-corrected chi connectivity index (χ3v) is 3.40. The summed E-state index contributed by atoms with van der Waals surface area (Å²) in [5.74, 6) is -0.583. The van der Waals surface area contributed by atoms with Crippen LogP contribution in [0.15, 0.2) is 36.4 Å². The molecular formula is C14H10Cl2F2O. The zero-order valence-corrected chi connectivity index (χ0v) is 11.5. The Hall–Kier alpha value is -1.32. The zero-order valence-electron chi connectivity index (χ0n) is 9.96. The highest BCUT2D eigenvalue weighted by atomic mass is 35.5. The second kappa shape index (κ2) is 5.76. The minimum absolute atomic E-state index is 0.179. The van der Waals surface area contributed by atoms with Gasteiger partial charge in [0, 0.05) is 16.1 Å². The SMILES string of the molecule is COc1ccc(F)cc1C(Cl)c1cc(Cl)ccc1F. The minimum Gasteiger partial charge on any atom is -0.496 e. The largest absolute Gasteiger partial charge is 0.496 e. The fourth-order valence-corrected chi connectivity index (χ4v) is 2.30. The van der Waals surface area contributed by atoms with Crippen LogP contribution in [-0.2, 0) is 0 Å². The van der Waals surface area contributed by atoms with E-state index in [-0.39, 0.29) is 5.56 Å². The lowest BCUT2D eigenvalue weighted by molar-refractivity contribution is 0.408. The van der Waals surface area contributed by atoms with Gasteiger partial charge in [0.15, 0.2) is 0 Å². The first-order chi connectivity index (χ1) is 9.02. The standard InChI is InChI=1S/C14H10Cl2F2O/c1-19-13-5-3-9(17)7-11(13)14(16)10-6-8(15)2-4-12(10)18/h2-7,14H,1H3. The third kappa shape index (κ3) is 2.99. The molecule has 2 aromatic carbocycles.